The SMILES string of the molecule is CCOc1ccc(NC(=O)C(=O)NCCc2ccc(S(=O)(=O)NC3CCCCC3)cc2)cc1. The summed E-state index contributed by atoms with van der Waals surface area (Å²) < 4.78 is 33.3. The number of rotatable bonds is 9. The Kier molecular flexibility index (Phi) is 8.85. The van der Waals surface area contributed by atoms with Crippen molar-refractivity contribution in [1.82, 2.24) is 10.0 Å². The molecule has 0 bridgehead atoms. The van der Waals surface area contributed by atoms with Gasteiger partial charge in [0.25, 0.3) is 0 Å². The van der Waals surface area contributed by atoms with Gasteiger partial charge in [0.05, 0.1) is 11.5 Å². The average Bonchev–Trinajstić information content (AvgIpc) is 2.81. The summed E-state index contributed by atoms with van der Waals surface area (Å²) in [6, 6.07) is 13.3. The van der Waals surface area contributed by atoms with Crippen LogP contribution in [0.3, 0.4) is 0 Å². The van der Waals surface area contributed by atoms with Crippen LogP contribution in [-0.4, -0.2) is 39.4 Å². The zero-order valence-electron chi connectivity index (χ0n) is 18.8. The maximum absolute atomic E-state index is 12.6. The van der Waals surface area contributed by atoms with Gasteiger partial charge >= 0.3 is 11.8 Å². The molecule has 0 aliphatic heterocycles. The Labute approximate surface area is 195 Å². The average molecular weight is 474 g/mol. The Hall–Kier alpha value is -2.91. The molecule has 1 aliphatic carbocycles. The largest absolute Gasteiger partial charge is 0.494 e. The van der Waals surface area contributed by atoms with E-state index < -0.39 is 21.8 Å². The molecule has 3 rings (SSSR count). The fraction of sp³-hybridized carbons (Fsp3) is 0.417. The fourth-order valence-corrected chi connectivity index (χ4v) is 5.04. The quantitative estimate of drug-likeness (QED) is 0.485. The van der Waals surface area contributed by atoms with E-state index in [0.717, 1.165) is 37.7 Å². The van der Waals surface area contributed by atoms with E-state index in [1.807, 2.05) is 6.92 Å². The van der Waals surface area contributed by atoms with E-state index in [1.165, 1.54) is 0 Å². The third-order valence-corrected chi connectivity index (χ3v) is 7.03. The lowest BCUT2D eigenvalue weighted by atomic mass is 9.96. The van der Waals surface area contributed by atoms with Crippen LogP contribution < -0.4 is 20.1 Å². The summed E-state index contributed by atoms with van der Waals surface area (Å²) in [4.78, 5) is 24.3. The summed E-state index contributed by atoms with van der Waals surface area (Å²) in [5, 5.41) is 5.11. The molecular formula is C24H31N3O5S. The smallest absolute Gasteiger partial charge is 0.313 e. The molecule has 0 aromatic heterocycles. The summed E-state index contributed by atoms with van der Waals surface area (Å²) in [7, 11) is -3.54. The summed E-state index contributed by atoms with van der Waals surface area (Å²) in [5.74, 6) is -0.808. The third kappa shape index (κ3) is 7.57. The number of hydrogen-bond donors (Lipinski definition) is 3. The van der Waals surface area contributed by atoms with Crippen molar-refractivity contribution in [3.05, 3.63) is 54.1 Å². The Bertz CT molecular complexity index is 1030. The van der Waals surface area contributed by atoms with Crippen molar-refractivity contribution >= 4 is 27.5 Å². The lowest BCUT2D eigenvalue weighted by Crippen LogP contribution is -2.36. The number of sulfonamides is 1. The summed E-state index contributed by atoms with van der Waals surface area (Å²) >= 11 is 0. The molecule has 2 aromatic carbocycles. The molecule has 2 amide bonds. The van der Waals surface area contributed by atoms with Gasteiger partial charge in [-0.3, -0.25) is 9.59 Å². The number of amides is 2. The Morgan fingerprint density at radius 1 is 0.939 bits per heavy atom. The number of anilines is 1. The van der Waals surface area contributed by atoms with E-state index in [9.17, 15) is 18.0 Å². The molecule has 0 heterocycles. The molecule has 0 saturated heterocycles. The van der Waals surface area contributed by atoms with Crippen LogP contribution in [0.25, 0.3) is 0 Å². The summed E-state index contributed by atoms with van der Waals surface area (Å²) in [5.41, 5.74) is 1.36. The number of hydrogen-bond acceptors (Lipinski definition) is 5. The van der Waals surface area contributed by atoms with Crippen molar-refractivity contribution in [2.45, 2.75) is 56.4 Å². The van der Waals surface area contributed by atoms with Gasteiger partial charge in [0, 0.05) is 18.3 Å². The normalized spacial score (nSPS) is 14.5. The number of nitrogens with one attached hydrogen (secondary N) is 3. The second-order valence-corrected chi connectivity index (χ2v) is 9.73. The van der Waals surface area contributed by atoms with E-state index in [4.69, 9.17) is 4.74 Å². The molecule has 8 nitrogen and oxygen atoms in total. The highest BCUT2D eigenvalue weighted by Gasteiger charge is 2.21. The number of benzene rings is 2. The molecule has 178 valence electrons. The molecule has 0 unspecified atom stereocenters. The van der Waals surface area contributed by atoms with Crippen LogP contribution in [0.4, 0.5) is 5.69 Å². The van der Waals surface area contributed by atoms with Crippen LogP contribution >= 0.6 is 0 Å². The number of carbonyl (C=O) groups excluding carboxylic acids is 2. The zero-order chi connectivity index (χ0) is 23.7. The van der Waals surface area contributed by atoms with Crippen LogP contribution in [-0.2, 0) is 26.0 Å². The Morgan fingerprint density at radius 3 is 2.24 bits per heavy atom. The van der Waals surface area contributed by atoms with E-state index in [1.54, 1.807) is 48.5 Å². The minimum Gasteiger partial charge on any atom is -0.494 e. The van der Waals surface area contributed by atoms with Crippen molar-refractivity contribution in [3.8, 4) is 5.75 Å². The first kappa shape index (κ1) is 24.7. The summed E-state index contributed by atoms with van der Waals surface area (Å²) in [6.45, 7) is 2.68. The van der Waals surface area contributed by atoms with Gasteiger partial charge in [-0.15, -0.1) is 0 Å². The summed E-state index contributed by atoms with van der Waals surface area (Å²) in [6.07, 6.45) is 5.49. The molecule has 2 aromatic rings. The van der Waals surface area contributed by atoms with Crippen LogP contribution in [0.1, 0.15) is 44.6 Å². The predicted molar refractivity (Wildman–Crippen MR) is 127 cm³/mol. The molecule has 33 heavy (non-hydrogen) atoms. The minimum absolute atomic E-state index is 0.00685. The lowest BCUT2D eigenvalue weighted by Gasteiger charge is -2.22. The molecule has 0 atom stereocenters. The van der Waals surface area contributed by atoms with Gasteiger partial charge < -0.3 is 15.4 Å². The number of ether oxygens (including phenoxy) is 1. The highest BCUT2D eigenvalue weighted by molar-refractivity contribution is 7.89. The molecule has 3 N–H and O–H groups in total. The molecular weight excluding hydrogens is 442 g/mol. The molecule has 0 radical (unpaired) electrons. The molecule has 1 saturated carbocycles. The van der Waals surface area contributed by atoms with Crippen LogP contribution in [0.2, 0.25) is 0 Å². The van der Waals surface area contributed by atoms with Gasteiger partial charge in [0.15, 0.2) is 0 Å². The van der Waals surface area contributed by atoms with Gasteiger partial charge in [-0.05, 0) is 68.1 Å². The molecule has 9 heteroatoms. The van der Waals surface area contributed by atoms with E-state index >= 15 is 0 Å². The maximum Gasteiger partial charge on any atom is 0.313 e. The van der Waals surface area contributed by atoms with Gasteiger partial charge in [-0.2, -0.15) is 0 Å². The third-order valence-electron chi connectivity index (χ3n) is 5.49. The first-order chi connectivity index (χ1) is 15.9. The van der Waals surface area contributed by atoms with Crippen LogP contribution in [0.5, 0.6) is 5.75 Å². The van der Waals surface area contributed by atoms with Gasteiger partial charge in [-0.25, -0.2) is 13.1 Å². The van der Waals surface area contributed by atoms with Crippen molar-refractivity contribution in [1.29, 1.82) is 0 Å². The second kappa shape index (κ2) is 11.8. The van der Waals surface area contributed by atoms with Crippen molar-refractivity contribution in [2.75, 3.05) is 18.5 Å². The first-order valence-corrected chi connectivity index (χ1v) is 12.8. The van der Waals surface area contributed by atoms with Crippen molar-refractivity contribution in [2.24, 2.45) is 0 Å². The van der Waals surface area contributed by atoms with Gasteiger partial charge in [-0.1, -0.05) is 31.4 Å². The van der Waals surface area contributed by atoms with Gasteiger partial charge in [0.1, 0.15) is 5.75 Å². The lowest BCUT2D eigenvalue weighted by molar-refractivity contribution is -0.136. The van der Waals surface area contributed by atoms with Gasteiger partial charge in [0.2, 0.25) is 10.0 Å². The maximum atomic E-state index is 12.6. The minimum atomic E-state index is -3.54. The van der Waals surface area contributed by atoms with E-state index in [0.29, 0.717) is 24.5 Å². The van der Waals surface area contributed by atoms with E-state index in [2.05, 4.69) is 15.4 Å². The van der Waals surface area contributed by atoms with Crippen LogP contribution in [0, 0.1) is 0 Å². The second-order valence-electron chi connectivity index (χ2n) is 8.02. The van der Waals surface area contributed by atoms with Crippen molar-refractivity contribution < 1.29 is 22.7 Å². The first-order valence-electron chi connectivity index (χ1n) is 11.3. The molecule has 1 fully saturated rings. The monoisotopic (exact) mass is 473 g/mol. The predicted octanol–water partition coefficient (Wildman–Crippen LogP) is 2.99. The standard InChI is InChI=1S/C24H31N3O5S/c1-2-32-21-12-10-19(11-13-21)26-24(29)23(28)25-17-16-18-8-14-22(15-9-18)33(30,31)27-20-6-4-3-5-7-20/h8-15,20,27H,2-7,16-17H2,1H3,(H,25,28)(H,26,29). The zero-order valence-corrected chi connectivity index (χ0v) is 19.6. The topological polar surface area (TPSA) is 114 Å². The number of carbonyl (C=O) groups is 2. The Balaban J connectivity index is 1.44. The van der Waals surface area contributed by atoms with Crippen molar-refractivity contribution in [3.63, 3.8) is 0 Å². The Morgan fingerprint density at radius 2 is 1.61 bits per heavy atom. The van der Waals surface area contributed by atoms with E-state index in [-0.39, 0.29) is 17.5 Å². The van der Waals surface area contributed by atoms with Crippen LogP contribution in [0.15, 0.2) is 53.4 Å². The highest BCUT2D eigenvalue weighted by Crippen LogP contribution is 2.20. The fourth-order valence-electron chi connectivity index (χ4n) is 3.73. The molecule has 1 aliphatic rings. The highest BCUT2D eigenvalue weighted by atomic mass is 32.2. The molecule has 0 spiro atoms.